The average molecular weight is 235 g/mol. The van der Waals surface area contributed by atoms with Gasteiger partial charge in [-0.15, -0.1) is 0 Å². The third kappa shape index (κ3) is 7.53. The van der Waals surface area contributed by atoms with Crippen LogP contribution < -0.4 is 5.32 Å². The topological polar surface area (TPSA) is 49.3 Å². The number of hydrogen-bond donors (Lipinski definition) is 2. The van der Waals surface area contributed by atoms with Gasteiger partial charge in [0.05, 0.1) is 6.42 Å². The summed E-state index contributed by atoms with van der Waals surface area (Å²) in [6, 6.07) is 9.13. The maximum Gasteiger partial charge on any atom is 0.307 e. The highest BCUT2D eigenvalue weighted by Crippen LogP contribution is 2.00. The summed E-state index contributed by atoms with van der Waals surface area (Å²) in [4.78, 5) is 10.2. The van der Waals surface area contributed by atoms with Crippen molar-refractivity contribution in [3.05, 3.63) is 35.9 Å². The van der Waals surface area contributed by atoms with Gasteiger partial charge in [-0.3, -0.25) is 4.79 Å². The first-order chi connectivity index (χ1) is 8.29. The van der Waals surface area contributed by atoms with E-state index >= 15 is 0 Å². The first kappa shape index (κ1) is 13.7. The van der Waals surface area contributed by atoms with Crippen molar-refractivity contribution in [3.63, 3.8) is 0 Å². The molecule has 2 N–H and O–H groups in total. The molecule has 0 aromatic heterocycles. The van der Waals surface area contributed by atoms with Gasteiger partial charge in [-0.2, -0.15) is 0 Å². The van der Waals surface area contributed by atoms with E-state index in [1.807, 2.05) is 18.2 Å². The fourth-order valence-electron chi connectivity index (χ4n) is 1.75. The van der Waals surface area contributed by atoms with Gasteiger partial charge in [0.1, 0.15) is 0 Å². The van der Waals surface area contributed by atoms with Crippen molar-refractivity contribution >= 4 is 5.97 Å². The Bertz CT molecular complexity index is 292. The number of aliphatic carboxylic acids is 1. The summed E-state index contributed by atoms with van der Waals surface area (Å²) in [6.07, 6.45) is 5.76. The second-order valence-corrected chi connectivity index (χ2v) is 4.22. The maximum absolute atomic E-state index is 10.2. The predicted octanol–water partition coefficient (Wildman–Crippen LogP) is 2.46. The van der Waals surface area contributed by atoms with Crippen molar-refractivity contribution in [3.8, 4) is 0 Å². The molecule has 1 aliphatic heterocycles. The first-order valence-electron chi connectivity index (χ1n) is 6.25. The van der Waals surface area contributed by atoms with E-state index in [9.17, 15) is 4.79 Å². The Morgan fingerprint density at radius 1 is 1.06 bits per heavy atom. The largest absolute Gasteiger partial charge is 0.481 e. The molecular formula is C14H21NO2. The van der Waals surface area contributed by atoms with Crippen LogP contribution in [-0.2, 0) is 11.2 Å². The lowest BCUT2D eigenvalue weighted by Crippen LogP contribution is -2.12. The Labute approximate surface area is 103 Å². The SMILES string of the molecule is C1CCCNCC1.O=C(O)Cc1ccccc1. The summed E-state index contributed by atoms with van der Waals surface area (Å²) in [5, 5.41) is 11.7. The van der Waals surface area contributed by atoms with Gasteiger partial charge in [-0.05, 0) is 31.5 Å². The molecule has 0 unspecified atom stereocenters. The maximum atomic E-state index is 10.2. The van der Waals surface area contributed by atoms with E-state index in [1.54, 1.807) is 12.1 Å². The monoisotopic (exact) mass is 235 g/mol. The van der Waals surface area contributed by atoms with Crippen LogP contribution in [0, 0.1) is 0 Å². The predicted molar refractivity (Wildman–Crippen MR) is 69.1 cm³/mol. The van der Waals surface area contributed by atoms with Crippen LogP contribution in [0.4, 0.5) is 0 Å². The molecule has 3 nitrogen and oxygen atoms in total. The van der Waals surface area contributed by atoms with Crippen LogP contribution in [-0.4, -0.2) is 24.2 Å². The zero-order valence-electron chi connectivity index (χ0n) is 10.2. The number of carboxylic acid groups (broad SMARTS) is 1. The van der Waals surface area contributed by atoms with Gasteiger partial charge >= 0.3 is 5.97 Å². The van der Waals surface area contributed by atoms with Crippen molar-refractivity contribution in [1.82, 2.24) is 5.32 Å². The summed E-state index contributed by atoms with van der Waals surface area (Å²) >= 11 is 0. The lowest BCUT2D eigenvalue weighted by atomic mass is 10.2. The van der Waals surface area contributed by atoms with E-state index in [0.29, 0.717) is 0 Å². The molecule has 2 rings (SSSR count). The molecule has 0 radical (unpaired) electrons. The number of benzene rings is 1. The van der Waals surface area contributed by atoms with Gasteiger partial charge in [-0.25, -0.2) is 0 Å². The molecule has 94 valence electrons. The normalized spacial score (nSPS) is 15.3. The fourth-order valence-corrected chi connectivity index (χ4v) is 1.75. The van der Waals surface area contributed by atoms with Crippen LogP contribution in [0.15, 0.2) is 30.3 Å². The molecular weight excluding hydrogens is 214 g/mol. The summed E-state index contributed by atoms with van der Waals surface area (Å²) in [5.74, 6) is -0.786. The Hall–Kier alpha value is -1.35. The zero-order chi connectivity index (χ0) is 12.3. The average Bonchev–Trinajstić information content (AvgIpc) is 2.62. The molecule has 0 saturated carbocycles. The molecule has 1 aliphatic rings. The number of carbonyl (C=O) groups is 1. The molecule has 1 fully saturated rings. The van der Waals surface area contributed by atoms with Crippen LogP contribution in [0.5, 0.6) is 0 Å². The number of carboxylic acids is 1. The number of rotatable bonds is 2. The van der Waals surface area contributed by atoms with Crippen molar-refractivity contribution in [2.24, 2.45) is 0 Å². The van der Waals surface area contributed by atoms with Crippen LogP contribution >= 0.6 is 0 Å². The van der Waals surface area contributed by atoms with Gasteiger partial charge in [0.25, 0.3) is 0 Å². The Morgan fingerprint density at radius 3 is 2.18 bits per heavy atom. The standard InChI is InChI=1S/C8H8O2.C6H13N/c9-8(10)6-7-4-2-1-3-5-7;1-2-4-6-7-5-3-1/h1-5H,6H2,(H,9,10);7H,1-6H2. The van der Waals surface area contributed by atoms with Crippen LogP contribution in [0.2, 0.25) is 0 Å². The smallest absolute Gasteiger partial charge is 0.307 e. The highest BCUT2D eigenvalue weighted by molar-refractivity contribution is 5.70. The summed E-state index contributed by atoms with van der Waals surface area (Å²) in [6.45, 7) is 2.50. The summed E-state index contributed by atoms with van der Waals surface area (Å²) in [5.41, 5.74) is 0.843. The number of hydrogen-bond acceptors (Lipinski definition) is 2. The van der Waals surface area contributed by atoms with E-state index in [2.05, 4.69) is 5.32 Å². The summed E-state index contributed by atoms with van der Waals surface area (Å²) in [7, 11) is 0. The van der Waals surface area contributed by atoms with E-state index < -0.39 is 5.97 Å². The molecule has 1 aromatic rings. The first-order valence-corrected chi connectivity index (χ1v) is 6.25. The van der Waals surface area contributed by atoms with Gasteiger partial charge in [0.15, 0.2) is 0 Å². The zero-order valence-corrected chi connectivity index (χ0v) is 10.2. The lowest BCUT2D eigenvalue weighted by molar-refractivity contribution is -0.136. The molecule has 0 bridgehead atoms. The minimum atomic E-state index is -0.786. The Morgan fingerprint density at radius 2 is 1.65 bits per heavy atom. The van der Waals surface area contributed by atoms with Gasteiger partial charge in [-0.1, -0.05) is 43.2 Å². The minimum absolute atomic E-state index is 0.112. The van der Waals surface area contributed by atoms with E-state index in [1.165, 1.54) is 38.8 Å². The molecule has 3 heteroatoms. The highest BCUT2D eigenvalue weighted by atomic mass is 16.4. The van der Waals surface area contributed by atoms with Crippen LogP contribution in [0.25, 0.3) is 0 Å². The molecule has 0 atom stereocenters. The van der Waals surface area contributed by atoms with E-state index in [0.717, 1.165) is 5.56 Å². The number of nitrogens with one attached hydrogen (secondary N) is 1. The molecule has 1 aromatic carbocycles. The second kappa shape index (κ2) is 8.76. The lowest BCUT2D eigenvalue weighted by Gasteiger charge is -1.92. The van der Waals surface area contributed by atoms with Crippen molar-refractivity contribution < 1.29 is 9.90 Å². The van der Waals surface area contributed by atoms with Gasteiger partial charge < -0.3 is 10.4 Å². The fraction of sp³-hybridized carbons (Fsp3) is 0.500. The van der Waals surface area contributed by atoms with E-state index in [-0.39, 0.29) is 6.42 Å². The second-order valence-electron chi connectivity index (χ2n) is 4.22. The molecule has 0 aliphatic carbocycles. The molecule has 0 spiro atoms. The van der Waals surface area contributed by atoms with E-state index in [4.69, 9.17) is 5.11 Å². The molecule has 1 heterocycles. The van der Waals surface area contributed by atoms with Gasteiger partial charge in [0, 0.05) is 0 Å². The van der Waals surface area contributed by atoms with Crippen molar-refractivity contribution in [2.75, 3.05) is 13.1 Å². The molecule has 1 saturated heterocycles. The van der Waals surface area contributed by atoms with Crippen LogP contribution in [0.3, 0.4) is 0 Å². The Balaban J connectivity index is 0.000000181. The summed E-state index contributed by atoms with van der Waals surface area (Å²) < 4.78 is 0. The van der Waals surface area contributed by atoms with Gasteiger partial charge in [0.2, 0.25) is 0 Å². The molecule has 17 heavy (non-hydrogen) atoms. The Kier molecular flexibility index (Phi) is 7.07. The molecule has 0 amide bonds. The van der Waals surface area contributed by atoms with Crippen LogP contribution in [0.1, 0.15) is 31.2 Å². The van der Waals surface area contributed by atoms with Crippen molar-refractivity contribution in [2.45, 2.75) is 32.1 Å². The minimum Gasteiger partial charge on any atom is -0.481 e. The third-order valence-electron chi connectivity index (χ3n) is 2.66. The quantitative estimate of drug-likeness (QED) is 0.828. The van der Waals surface area contributed by atoms with Crippen molar-refractivity contribution in [1.29, 1.82) is 0 Å². The third-order valence-corrected chi connectivity index (χ3v) is 2.66. The highest BCUT2D eigenvalue weighted by Gasteiger charge is 1.96.